The Kier molecular flexibility index (Phi) is 7.45. The summed E-state index contributed by atoms with van der Waals surface area (Å²) in [6, 6.07) is 6.50. The number of methoxy groups -OCH3 is 1. The van der Waals surface area contributed by atoms with Crippen LogP contribution in [0.4, 0.5) is 0 Å². The van der Waals surface area contributed by atoms with Crippen molar-refractivity contribution in [2.75, 3.05) is 20.3 Å². The SMILES string of the molecule is CCNC(C)c1ccc(OCCCC(C)C)c(OC)c1. The first-order valence-electron chi connectivity index (χ1n) is 7.62. The van der Waals surface area contributed by atoms with E-state index in [9.17, 15) is 0 Å². The lowest BCUT2D eigenvalue weighted by Crippen LogP contribution is -2.17. The molecule has 114 valence electrons. The monoisotopic (exact) mass is 279 g/mol. The fourth-order valence-corrected chi connectivity index (χ4v) is 2.17. The molecule has 0 aromatic heterocycles. The summed E-state index contributed by atoms with van der Waals surface area (Å²) >= 11 is 0. The zero-order valence-corrected chi connectivity index (χ0v) is 13.5. The smallest absolute Gasteiger partial charge is 0.161 e. The molecule has 0 spiro atoms. The Morgan fingerprint density at radius 1 is 1.15 bits per heavy atom. The van der Waals surface area contributed by atoms with Gasteiger partial charge in [-0.1, -0.05) is 26.8 Å². The molecule has 3 heteroatoms. The average Bonchev–Trinajstić information content (AvgIpc) is 2.43. The van der Waals surface area contributed by atoms with Crippen LogP contribution < -0.4 is 14.8 Å². The third kappa shape index (κ3) is 5.41. The van der Waals surface area contributed by atoms with E-state index in [-0.39, 0.29) is 0 Å². The van der Waals surface area contributed by atoms with Crippen molar-refractivity contribution in [1.29, 1.82) is 0 Å². The maximum atomic E-state index is 5.83. The van der Waals surface area contributed by atoms with Crippen LogP contribution >= 0.6 is 0 Å². The van der Waals surface area contributed by atoms with Crippen molar-refractivity contribution in [2.24, 2.45) is 5.92 Å². The van der Waals surface area contributed by atoms with Gasteiger partial charge in [0.15, 0.2) is 11.5 Å². The highest BCUT2D eigenvalue weighted by Gasteiger charge is 2.10. The van der Waals surface area contributed by atoms with Gasteiger partial charge in [-0.15, -0.1) is 0 Å². The second-order valence-corrected chi connectivity index (χ2v) is 5.57. The van der Waals surface area contributed by atoms with E-state index in [4.69, 9.17) is 9.47 Å². The van der Waals surface area contributed by atoms with Crippen molar-refractivity contribution >= 4 is 0 Å². The molecule has 0 saturated heterocycles. The molecule has 1 atom stereocenters. The van der Waals surface area contributed by atoms with Crippen molar-refractivity contribution in [3.05, 3.63) is 23.8 Å². The van der Waals surface area contributed by atoms with E-state index in [1.165, 1.54) is 12.0 Å². The number of hydrogen-bond donors (Lipinski definition) is 1. The highest BCUT2D eigenvalue weighted by Crippen LogP contribution is 2.30. The summed E-state index contributed by atoms with van der Waals surface area (Å²) in [7, 11) is 1.69. The second kappa shape index (κ2) is 8.85. The molecule has 0 radical (unpaired) electrons. The van der Waals surface area contributed by atoms with Crippen LogP contribution in [-0.2, 0) is 0 Å². The van der Waals surface area contributed by atoms with Crippen molar-refractivity contribution < 1.29 is 9.47 Å². The molecule has 3 nitrogen and oxygen atoms in total. The lowest BCUT2D eigenvalue weighted by atomic mass is 10.1. The van der Waals surface area contributed by atoms with Gasteiger partial charge in [0.1, 0.15) is 0 Å². The number of ether oxygens (including phenoxy) is 2. The van der Waals surface area contributed by atoms with Crippen molar-refractivity contribution in [2.45, 2.75) is 46.6 Å². The predicted octanol–water partition coefficient (Wildman–Crippen LogP) is 4.18. The minimum absolute atomic E-state index is 0.323. The molecule has 1 aromatic rings. The summed E-state index contributed by atoms with van der Waals surface area (Å²) in [6.45, 7) is 10.4. The predicted molar refractivity (Wildman–Crippen MR) is 84.7 cm³/mol. The summed E-state index contributed by atoms with van der Waals surface area (Å²) in [5.74, 6) is 2.38. The molecule has 0 heterocycles. The Morgan fingerprint density at radius 2 is 1.90 bits per heavy atom. The first-order valence-corrected chi connectivity index (χ1v) is 7.62. The van der Waals surface area contributed by atoms with Gasteiger partial charge in [-0.25, -0.2) is 0 Å². The molecule has 1 rings (SSSR count). The Labute approximate surface area is 123 Å². The largest absolute Gasteiger partial charge is 0.493 e. The van der Waals surface area contributed by atoms with Crippen molar-refractivity contribution in [3.8, 4) is 11.5 Å². The van der Waals surface area contributed by atoms with Crippen LogP contribution in [0.15, 0.2) is 18.2 Å². The van der Waals surface area contributed by atoms with E-state index in [1.54, 1.807) is 7.11 Å². The maximum Gasteiger partial charge on any atom is 0.161 e. The van der Waals surface area contributed by atoms with Gasteiger partial charge >= 0.3 is 0 Å². The Bertz CT molecular complexity index is 391. The minimum Gasteiger partial charge on any atom is -0.493 e. The van der Waals surface area contributed by atoms with Gasteiger partial charge in [0.25, 0.3) is 0 Å². The van der Waals surface area contributed by atoms with Crippen molar-refractivity contribution in [3.63, 3.8) is 0 Å². The summed E-state index contributed by atoms with van der Waals surface area (Å²) in [6.07, 6.45) is 2.27. The van der Waals surface area contributed by atoms with Crippen LogP contribution in [0.2, 0.25) is 0 Å². The van der Waals surface area contributed by atoms with E-state index in [1.807, 2.05) is 6.07 Å². The molecule has 0 fully saturated rings. The molecular formula is C17H29NO2. The van der Waals surface area contributed by atoms with Gasteiger partial charge in [0.2, 0.25) is 0 Å². The van der Waals surface area contributed by atoms with E-state index in [2.05, 4.69) is 45.1 Å². The van der Waals surface area contributed by atoms with Crippen LogP contribution in [-0.4, -0.2) is 20.3 Å². The van der Waals surface area contributed by atoms with Gasteiger partial charge in [0.05, 0.1) is 13.7 Å². The molecule has 1 aromatic carbocycles. The standard InChI is InChI=1S/C17H29NO2/c1-6-18-14(4)15-9-10-16(17(12-15)19-5)20-11-7-8-13(2)3/h9-10,12-14,18H,6-8,11H2,1-5H3. The Morgan fingerprint density at radius 3 is 2.50 bits per heavy atom. The summed E-state index contributed by atoms with van der Waals surface area (Å²) in [5.41, 5.74) is 1.22. The highest BCUT2D eigenvalue weighted by atomic mass is 16.5. The third-order valence-electron chi connectivity index (χ3n) is 3.38. The molecule has 1 unspecified atom stereocenters. The van der Waals surface area contributed by atoms with E-state index in [0.717, 1.165) is 37.0 Å². The number of nitrogens with one attached hydrogen (secondary N) is 1. The molecule has 0 amide bonds. The molecule has 0 aliphatic carbocycles. The van der Waals surface area contributed by atoms with Gasteiger partial charge in [-0.2, -0.15) is 0 Å². The Hall–Kier alpha value is -1.22. The summed E-state index contributed by atoms with van der Waals surface area (Å²) < 4.78 is 11.3. The number of benzene rings is 1. The van der Waals surface area contributed by atoms with Gasteiger partial charge in [-0.05, 0) is 49.9 Å². The number of rotatable bonds is 9. The minimum atomic E-state index is 0.323. The zero-order valence-electron chi connectivity index (χ0n) is 13.5. The van der Waals surface area contributed by atoms with Gasteiger partial charge in [0, 0.05) is 6.04 Å². The summed E-state index contributed by atoms with van der Waals surface area (Å²) in [4.78, 5) is 0. The van der Waals surface area contributed by atoms with E-state index >= 15 is 0 Å². The molecule has 20 heavy (non-hydrogen) atoms. The normalized spacial score (nSPS) is 12.5. The highest BCUT2D eigenvalue weighted by molar-refractivity contribution is 5.43. The summed E-state index contributed by atoms with van der Waals surface area (Å²) in [5, 5.41) is 3.40. The second-order valence-electron chi connectivity index (χ2n) is 5.57. The van der Waals surface area contributed by atoms with Crippen LogP contribution in [0.5, 0.6) is 11.5 Å². The van der Waals surface area contributed by atoms with Gasteiger partial charge < -0.3 is 14.8 Å². The van der Waals surface area contributed by atoms with Crippen LogP contribution in [0.3, 0.4) is 0 Å². The molecule has 0 aliphatic heterocycles. The fourth-order valence-electron chi connectivity index (χ4n) is 2.17. The van der Waals surface area contributed by atoms with Crippen LogP contribution in [0.1, 0.15) is 52.1 Å². The first kappa shape index (κ1) is 16.8. The fraction of sp³-hybridized carbons (Fsp3) is 0.647. The van der Waals surface area contributed by atoms with Crippen molar-refractivity contribution in [1.82, 2.24) is 5.32 Å². The third-order valence-corrected chi connectivity index (χ3v) is 3.38. The van der Waals surface area contributed by atoms with Crippen LogP contribution in [0, 0.1) is 5.92 Å². The Balaban J connectivity index is 2.63. The number of hydrogen-bond acceptors (Lipinski definition) is 3. The first-order chi connectivity index (χ1) is 9.58. The molecule has 0 saturated carbocycles. The molecule has 1 N–H and O–H groups in total. The van der Waals surface area contributed by atoms with Gasteiger partial charge in [-0.3, -0.25) is 0 Å². The molecule has 0 bridgehead atoms. The van der Waals surface area contributed by atoms with E-state index in [0.29, 0.717) is 6.04 Å². The van der Waals surface area contributed by atoms with Crippen LogP contribution in [0.25, 0.3) is 0 Å². The molecular weight excluding hydrogens is 250 g/mol. The lowest BCUT2D eigenvalue weighted by molar-refractivity contribution is 0.279. The van der Waals surface area contributed by atoms with E-state index < -0.39 is 0 Å². The maximum absolute atomic E-state index is 5.83. The quantitative estimate of drug-likeness (QED) is 0.688. The zero-order chi connectivity index (χ0) is 15.0. The average molecular weight is 279 g/mol. The molecule has 0 aliphatic rings. The lowest BCUT2D eigenvalue weighted by Gasteiger charge is -2.16. The topological polar surface area (TPSA) is 30.5 Å².